The van der Waals surface area contributed by atoms with Crippen molar-refractivity contribution in [1.29, 1.82) is 0 Å². The summed E-state index contributed by atoms with van der Waals surface area (Å²) in [6.07, 6.45) is 2.13. The summed E-state index contributed by atoms with van der Waals surface area (Å²) in [5.74, 6) is 0.856. The second-order valence-electron chi connectivity index (χ2n) is 4.43. The number of rotatable bonds is 2. The largest absolute Gasteiger partial charge is 0.316 e. The van der Waals surface area contributed by atoms with E-state index in [4.69, 9.17) is 0 Å². The summed E-state index contributed by atoms with van der Waals surface area (Å²) in [7, 11) is 0. The Morgan fingerprint density at radius 2 is 2.31 bits per heavy atom. The summed E-state index contributed by atoms with van der Waals surface area (Å²) < 4.78 is 14.8. The number of hydrogen-bond acceptors (Lipinski definition) is 1. The minimum atomic E-state index is -0.0615. The molecule has 1 fully saturated rings. The molecule has 0 aromatic heterocycles. The zero-order chi connectivity index (χ0) is 11.5. The van der Waals surface area contributed by atoms with Gasteiger partial charge in [0.1, 0.15) is 5.82 Å². The van der Waals surface area contributed by atoms with Crippen molar-refractivity contribution < 1.29 is 4.39 Å². The summed E-state index contributed by atoms with van der Waals surface area (Å²) in [6, 6.07) is 5.27. The molecule has 3 heteroatoms. The van der Waals surface area contributed by atoms with E-state index in [-0.39, 0.29) is 5.82 Å². The Bertz CT molecular complexity index is 367. The molecule has 88 valence electrons. The minimum absolute atomic E-state index is 0.0615. The van der Waals surface area contributed by atoms with Crippen molar-refractivity contribution in [3.05, 3.63) is 34.1 Å². The van der Waals surface area contributed by atoms with Crippen LogP contribution in [-0.4, -0.2) is 13.1 Å². The van der Waals surface area contributed by atoms with Gasteiger partial charge in [-0.05, 0) is 55.1 Å². The predicted octanol–water partition coefficient (Wildman–Crippen LogP) is 3.69. The minimum Gasteiger partial charge on any atom is -0.316 e. The van der Waals surface area contributed by atoms with E-state index in [1.165, 1.54) is 0 Å². The Kier molecular flexibility index (Phi) is 3.98. The number of benzene rings is 1. The molecular weight excluding hydrogens is 269 g/mol. The van der Waals surface area contributed by atoms with Crippen molar-refractivity contribution in [2.45, 2.75) is 25.7 Å². The Morgan fingerprint density at radius 3 is 3.06 bits per heavy atom. The van der Waals surface area contributed by atoms with Crippen LogP contribution in [0.2, 0.25) is 0 Å². The first-order chi connectivity index (χ1) is 7.72. The van der Waals surface area contributed by atoms with Crippen LogP contribution in [0.15, 0.2) is 22.7 Å². The Hall–Kier alpha value is -0.410. The number of hydrogen-bond donors (Lipinski definition) is 1. The normalized spacial score (nSPS) is 25.7. The molecule has 0 radical (unpaired) electrons. The van der Waals surface area contributed by atoms with Gasteiger partial charge in [-0.1, -0.05) is 29.3 Å². The first kappa shape index (κ1) is 12.1. The fraction of sp³-hybridized carbons (Fsp3) is 0.538. The molecule has 2 atom stereocenters. The maximum absolute atomic E-state index is 13.8. The maximum Gasteiger partial charge on any atom is 0.126 e. The molecular formula is C13H17BrFN. The van der Waals surface area contributed by atoms with E-state index in [9.17, 15) is 4.39 Å². The van der Waals surface area contributed by atoms with Crippen LogP contribution in [-0.2, 0) is 0 Å². The Labute approximate surface area is 105 Å². The molecule has 0 amide bonds. The lowest BCUT2D eigenvalue weighted by Gasteiger charge is -2.32. The van der Waals surface area contributed by atoms with Gasteiger partial charge in [-0.2, -0.15) is 0 Å². The van der Waals surface area contributed by atoms with E-state index in [0.29, 0.717) is 11.8 Å². The summed E-state index contributed by atoms with van der Waals surface area (Å²) in [6.45, 7) is 4.18. The highest BCUT2D eigenvalue weighted by molar-refractivity contribution is 9.10. The third-order valence-corrected chi connectivity index (χ3v) is 3.98. The van der Waals surface area contributed by atoms with Crippen LogP contribution >= 0.6 is 15.9 Å². The third-order valence-electron chi connectivity index (χ3n) is 3.49. The molecule has 2 unspecified atom stereocenters. The number of halogens is 2. The lowest BCUT2D eigenvalue weighted by molar-refractivity contribution is 0.311. The summed E-state index contributed by atoms with van der Waals surface area (Å²) in [5, 5.41) is 3.39. The van der Waals surface area contributed by atoms with Crippen LogP contribution in [0.5, 0.6) is 0 Å². The molecule has 0 bridgehead atoms. The standard InChI is InChI=1S/C13H17BrFN/c1-2-9-8-16-6-5-11(9)12-7-10(14)3-4-13(12)15/h3-4,7,9,11,16H,2,5-6,8H2,1H3. The van der Waals surface area contributed by atoms with E-state index in [2.05, 4.69) is 28.2 Å². The first-order valence-corrected chi connectivity index (χ1v) is 6.67. The molecule has 0 aliphatic carbocycles. The average Bonchev–Trinajstić information content (AvgIpc) is 2.32. The molecule has 16 heavy (non-hydrogen) atoms. The lowest BCUT2D eigenvalue weighted by Crippen LogP contribution is -2.35. The van der Waals surface area contributed by atoms with Crippen molar-refractivity contribution >= 4 is 15.9 Å². The van der Waals surface area contributed by atoms with E-state index in [0.717, 1.165) is 36.0 Å². The van der Waals surface area contributed by atoms with Gasteiger partial charge in [-0.15, -0.1) is 0 Å². The van der Waals surface area contributed by atoms with Crippen molar-refractivity contribution in [1.82, 2.24) is 5.32 Å². The van der Waals surface area contributed by atoms with E-state index < -0.39 is 0 Å². The molecule has 1 saturated heterocycles. The number of nitrogens with one attached hydrogen (secondary N) is 1. The van der Waals surface area contributed by atoms with E-state index in [1.807, 2.05) is 6.07 Å². The second kappa shape index (κ2) is 5.28. The molecule has 2 rings (SSSR count). The third kappa shape index (κ3) is 2.46. The van der Waals surface area contributed by atoms with Crippen LogP contribution in [0.1, 0.15) is 31.2 Å². The van der Waals surface area contributed by atoms with Gasteiger partial charge in [0, 0.05) is 4.47 Å². The van der Waals surface area contributed by atoms with Gasteiger partial charge >= 0.3 is 0 Å². The van der Waals surface area contributed by atoms with E-state index in [1.54, 1.807) is 12.1 Å². The fourth-order valence-electron chi connectivity index (χ4n) is 2.56. The van der Waals surface area contributed by atoms with Crippen LogP contribution in [0.25, 0.3) is 0 Å². The average molecular weight is 286 g/mol. The molecule has 1 aliphatic heterocycles. The van der Waals surface area contributed by atoms with Gasteiger partial charge in [0.2, 0.25) is 0 Å². The highest BCUT2D eigenvalue weighted by atomic mass is 79.9. The topological polar surface area (TPSA) is 12.0 Å². The molecule has 1 aromatic rings. The van der Waals surface area contributed by atoms with Gasteiger partial charge in [-0.3, -0.25) is 0 Å². The number of piperidine rings is 1. The molecule has 1 heterocycles. The zero-order valence-corrected chi connectivity index (χ0v) is 11.1. The smallest absolute Gasteiger partial charge is 0.126 e. The summed E-state index contributed by atoms with van der Waals surface area (Å²) in [5.41, 5.74) is 0.878. The van der Waals surface area contributed by atoms with Gasteiger partial charge in [0.05, 0.1) is 0 Å². The highest BCUT2D eigenvalue weighted by Crippen LogP contribution is 2.34. The predicted molar refractivity (Wildman–Crippen MR) is 68.1 cm³/mol. The van der Waals surface area contributed by atoms with Gasteiger partial charge in [-0.25, -0.2) is 4.39 Å². The van der Waals surface area contributed by atoms with Crippen molar-refractivity contribution in [3.63, 3.8) is 0 Å². The van der Waals surface area contributed by atoms with Crippen LogP contribution < -0.4 is 5.32 Å². The molecule has 0 spiro atoms. The lowest BCUT2D eigenvalue weighted by atomic mass is 9.79. The Morgan fingerprint density at radius 1 is 1.50 bits per heavy atom. The molecule has 0 saturated carbocycles. The molecule has 1 aromatic carbocycles. The van der Waals surface area contributed by atoms with Gasteiger partial charge in [0.25, 0.3) is 0 Å². The Balaban J connectivity index is 2.30. The summed E-state index contributed by atoms with van der Waals surface area (Å²) in [4.78, 5) is 0. The summed E-state index contributed by atoms with van der Waals surface area (Å²) >= 11 is 3.42. The first-order valence-electron chi connectivity index (χ1n) is 5.88. The van der Waals surface area contributed by atoms with Crippen molar-refractivity contribution in [3.8, 4) is 0 Å². The second-order valence-corrected chi connectivity index (χ2v) is 5.35. The monoisotopic (exact) mass is 285 g/mol. The zero-order valence-electron chi connectivity index (χ0n) is 9.47. The maximum atomic E-state index is 13.8. The molecule has 1 aliphatic rings. The fourth-order valence-corrected chi connectivity index (χ4v) is 2.94. The van der Waals surface area contributed by atoms with Gasteiger partial charge in [0.15, 0.2) is 0 Å². The van der Waals surface area contributed by atoms with Crippen molar-refractivity contribution in [2.75, 3.05) is 13.1 Å². The highest BCUT2D eigenvalue weighted by Gasteiger charge is 2.27. The SMILES string of the molecule is CCC1CNCCC1c1cc(Br)ccc1F. The molecule has 1 nitrogen and oxygen atoms in total. The molecule has 1 N–H and O–H groups in total. The van der Waals surface area contributed by atoms with Crippen molar-refractivity contribution in [2.24, 2.45) is 5.92 Å². The van der Waals surface area contributed by atoms with E-state index >= 15 is 0 Å². The quantitative estimate of drug-likeness (QED) is 0.874. The van der Waals surface area contributed by atoms with Gasteiger partial charge < -0.3 is 5.32 Å². The van der Waals surface area contributed by atoms with Crippen LogP contribution in [0.3, 0.4) is 0 Å². The van der Waals surface area contributed by atoms with Crippen LogP contribution in [0.4, 0.5) is 4.39 Å². The van der Waals surface area contributed by atoms with Crippen LogP contribution in [0, 0.1) is 11.7 Å².